The van der Waals surface area contributed by atoms with Crippen LogP contribution in [0.2, 0.25) is 0 Å². The van der Waals surface area contributed by atoms with Gasteiger partial charge < -0.3 is 14.9 Å². The summed E-state index contributed by atoms with van der Waals surface area (Å²) in [6.07, 6.45) is 40.7. The van der Waals surface area contributed by atoms with E-state index in [2.05, 4.69) is 6.92 Å². The van der Waals surface area contributed by atoms with Gasteiger partial charge in [-0.05, 0) is 24.6 Å². The smallest absolute Gasteiger partial charge is 0.339 e. The molecular formula is C41H70O6. The molecule has 0 radical (unpaired) electrons. The lowest BCUT2D eigenvalue weighted by Gasteiger charge is -2.08. The second-order valence-corrected chi connectivity index (χ2v) is 13.8. The fourth-order valence-corrected chi connectivity index (χ4v) is 6.40. The number of aromatic carboxylic acids is 2. The molecule has 0 aliphatic carbocycles. The molecule has 0 spiro atoms. The molecule has 0 saturated carbocycles. The summed E-state index contributed by atoms with van der Waals surface area (Å²) in [6.45, 7) is 2.53. The molecule has 270 valence electrons. The maximum atomic E-state index is 12.3. The molecule has 0 unspecified atom stereocenters. The Morgan fingerprint density at radius 2 is 0.766 bits per heavy atom. The minimum Gasteiger partial charge on any atom is -0.478 e. The average Bonchev–Trinajstić information content (AvgIpc) is 3.06. The molecule has 0 bridgehead atoms. The van der Waals surface area contributed by atoms with Crippen LogP contribution in [0.15, 0.2) is 18.2 Å². The van der Waals surface area contributed by atoms with Gasteiger partial charge in [-0.25, -0.2) is 14.4 Å². The van der Waals surface area contributed by atoms with E-state index in [-0.39, 0.29) is 23.3 Å². The number of carboxylic acid groups (broad SMARTS) is 2. The Morgan fingerprint density at radius 1 is 0.447 bits per heavy atom. The van der Waals surface area contributed by atoms with Gasteiger partial charge in [0.1, 0.15) is 0 Å². The summed E-state index contributed by atoms with van der Waals surface area (Å²) in [6, 6.07) is 3.41. The van der Waals surface area contributed by atoms with Gasteiger partial charge in [-0.3, -0.25) is 0 Å². The van der Waals surface area contributed by atoms with Crippen molar-refractivity contribution in [3.05, 3.63) is 34.9 Å². The number of carboxylic acids is 2. The van der Waals surface area contributed by atoms with Crippen molar-refractivity contribution in [3.63, 3.8) is 0 Å². The molecule has 1 rings (SSSR count). The highest BCUT2D eigenvalue weighted by Crippen LogP contribution is 2.18. The van der Waals surface area contributed by atoms with Gasteiger partial charge in [0.05, 0.1) is 23.3 Å². The van der Waals surface area contributed by atoms with Crippen molar-refractivity contribution in [2.75, 3.05) is 6.61 Å². The maximum Gasteiger partial charge on any atom is 0.339 e. The zero-order chi connectivity index (χ0) is 34.2. The molecule has 0 aliphatic rings. The minimum atomic E-state index is -1.35. The number of ether oxygens (including phenoxy) is 1. The number of hydrogen-bond acceptors (Lipinski definition) is 4. The first-order chi connectivity index (χ1) is 23.0. The summed E-state index contributed by atoms with van der Waals surface area (Å²) in [5.41, 5.74) is -0.645. The Labute approximate surface area is 287 Å². The molecule has 0 aliphatic heterocycles. The molecule has 0 heterocycles. The van der Waals surface area contributed by atoms with Gasteiger partial charge in [-0.2, -0.15) is 0 Å². The Hall–Kier alpha value is -2.37. The van der Waals surface area contributed by atoms with Crippen LogP contribution >= 0.6 is 0 Å². The first-order valence-corrected chi connectivity index (χ1v) is 19.7. The predicted molar refractivity (Wildman–Crippen MR) is 195 cm³/mol. The quantitative estimate of drug-likeness (QED) is 0.0564. The van der Waals surface area contributed by atoms with Crippen LogP contribution in [0.4, 0.5) is 0 Å². The lowest BCUT2D eigenvalue weighted by Crippen LogP contribution is -2.13. The molecule has 1 aromatic carbocycles. The van der Waals surface area contributed by atoms with Gasteiger partial charge in [0.15, 0.2) is 0 Å². The van der Waals surface area contributed by atoms with E-state index in [1.165, 1.54) is 185 Å². The maximum absolute atomic E-state index is 12.3. The molecule has 0 saturated heterocycles. The molecule has 2 N–H and O–H groups in total. The molecule has 0 aromatic heterocycles. The first kappa shape index (κ1) is 42.7. The average molecular weight is 659 g/mol. The minimum absolute atomic E-state index is 0.118. The number of benzene rings is 1. The highest BCUT2D eigenvalue weighted by molar-refractivity contribution is 6.04. The van der Waals surface area contributed by atoms with Crippen LogP contribution in [0.3, 0.4) is 0 Å². The lowest BCUT2D eigenvalue weighted by atomic mass is 10.0. The molecule has 6 nitrogen and oxygen atoms in total. The SMILES string of the molecule is CCCCCCCCCCCCCCCCCCCCCCCCCCCCCCCCOC(=O)c1ccc(C(=O)O)cc1C(=O)O. The van der Waals surface area contributed by atoms with E-state index in [4.69, 9.17) is 9.84 Å². The van der Waals surface area contributed by atoms with Gasteiger partial charge >= 0.3 is 17.9 Å². The number of carbonyl (C=O) groups excluding carboxylic acids is 1. The zero-order valence-corrected chi connectivity index (χ0v) is 30.2. The van der Waals surface area contributed by atoms with Crippen LogP contribution in [-0.4, -0.2) is 34.7 Å². The summed E-state index contributed by atoms with van der Waals surface area (Å²) in [4.78, 5) is 34.8. The summed E-state index contributed by atoms with van der Waals surface area (Å²) in [5.74, 6) is -3.32. The molecule has 0 atom stereocenters. The van der Waals surface area contributed by atoms with E-state index in [0.29, 0.717) is 0 Å². The van der Waals surface area contributed by atoms with E-state index in [1.54, 1.807) is 0 Å². The van der Waals surface area contributed by atoms with E-state index < -0.39 is 17.9 Å². The largest absolute Gasteiger partial charge is 0.478 e. The van der Waals surface area contributed by atoms with Gasteiger partial charge in [-0.1, -0.05) is 193 Å². The van der Waals surface area contributed by atoms with Crippen molar-refractivity contribution in [1.29, 1.82) is 0 Å². The Morgan fingerprint density at radius 3 is 1.06 bits per heavy atom. The van der Waals surface area contributed by atoms with E-state index >= 15 is 0 Å². The normalized spacial score (nSPS) is 11.2. The fourth-order valence-electron chi connectivity index (χ4n) is 6.40. The van der Waals surface area contributed by atoms with Crippen molar-refractivity contribution < 1.29 is 29.3 Å². The predicted octanol–water partition coefficient (Wildman–Crippen LogP) is 13.0. The fraction of sp³-hybridized carbons (Fsp3) is 0.780. The molecule has 47 heavy (non-hydrogen) atoms. The third kappa shape index (κ3) is 24.4. The van der Waals surface area contributed by atoms with Gasteiger partial charge in [0.25, 0.3) is 0 Å². The zero-order valence-electron chi connectivity index (χ0n) is 30.2. The third-order valence-electron chi connectivity index (χ3n) is 9.45. The van der Waals surface area contributed by atoms with Crippen LogP contribution in [-0.2, 0) is 4.74 Å². The molecule has 0 amide bonds. The van der Waals surface area contributed by atoms with Crippen LogP contribution < -0.4 is 0 Å². The van der Waals surface area contributed by atoms with E-state index in [0.717, 1.165) is 25.3 Å². The second kappa shape index (κ2) is 30.9. The number of carbonyl (C=O) groups is 3. The van der Waals surface area contributed by atoms with Crippen molar-refractivity contribution in [2.45, 2.75) is 200 Å². The Balaban J connectivity index is 1.78. The van der Waals surface area contributed by atoms with Crippen molar-refractivity contribution in [3.8, 4) is 0 Å². The molecular weight excluding hydrogens is 588 g/mol. The molecule has 0 fully saturated rings. The summed E-state index contributed by atoms with van der Waals surface area (Å²) in [5, 5.41) is 18.3. The van der Waals surface area contributed by atoms with Crippen LogP contribution in [0.25, 0.3) is 0 Å². The summed E-state index contributed by atoms with van der Waals surface area (Å²) < 4.78 is 5.23. The first-order valence-electron chi connectivity index (χ1n) is 19.7. The highest BCUT2D eigenvalue weighted by Gasteiger charge is 2.20. The number of rotatable bonds is 34. The van der Waals surface area contributed by atoms with Gasteiger partial charge in [-0.15, -0.1) is 0 Å². The number of unbranched alkanes of at least 4 members (excludes halogenated alkanes) is 29. The topological polar surface area (TPSA) is 101 Å². The van der Waals surface area contributed by atoms with E-state index in [1.807, 2.05) is 0 Å². The summed E-state index contributed by atoms with van der Waals surface area (Å²) >= 11 is 0. The van der Waals surface area contributed by atoms with Gasteiger partial charge in [0.2, 0.25) is 0 Å². The summed E-state index contributed by atoms with van der Waals surface area (Å²) in [7, 11) is 0. The molecule has 6 heteroatoms. The van der Waals surface area contributed by atoms with Crippen LogP contribution in [0.5, 0.6) is 0 Å². The van der Waals surface area contributed by atoms with E-state index in [9.17, 15) is 19.5 Å². The van der Waals surface area contributed by atoms with Crippen molar-refractivity contribution >= 4 is 17.9 Å². The third-order valence-corrected chi connectivity index (χ3v) is 9.45. The van der Waals surface area contributed by atoms with Crippen LogP contribution in [0, 0.1) is 0 Å². The lowest BCUT2D eigenvalue weighted by molar-refractivity contribution is 0.0486. The Bertz CT molecular complexity index is 927. The number of hydrogen-bond donors (Lipinski definition) is 2. The standard InChI is InChI=1S/C41H70O6/c1-2-3-4-5-6-7-8-9-10-11-12-13-14-15-16-17-18-19-20-21-22-23-24-25-26-27-28-29-30-31-34-47-41(46)37-33-32-36(39(42)43)35-38(37)40(44)45/h32-33,35H,2-31,34H2,1H3,(H,42,43)(H,44,45). The number of esters is 1. The monoisotopic (exact) mass is 659 g/mol. The van der Waals surface area contributed by atoms with Crippen molar-refractivity contribution in [2.24, 2.45) is 0 Å². The highest BCUT2D eigenvalue weighted by atomic mass is 16.5. The second-order valence-electron chi connectivity index (χ2n) is 13.8. The van der Waals surface area contributed by atoms with Crippen molar-refractivity contribution in [1.82, 2.24) is 0 Å². The Kier molecular flexibility index (Phi) is 28.1. The van der Waals surface area contributed by atoms with Gasteiger partial charge in [0, 0.05) is 0 Å². The molecule has 1 aromatic rings. The van der Waals surface area contributed by atoms with Crippen LogP contribution in [0.1, 0.15) is 231 Å².